The van der Waals surface area contributed by atoms with Gasteiger partial charge in [-0.2, -0.15) is 0 Å². The Morgan fingerprint density at radius 1 is 1.29 bits per heavy atom. The summed E-state index contributed by atoms with van der Waals surface area (Å²) < 4.78 is 2.74. The molecule has 1 atom stereocenters. The van der Waals surface area contributed by atoms with Crippen LogP contribution in [0.3, 0.4) is 0 Å². The number of amides is 1. The maximum absolute atomic E-state index is 11.1. The molecular weight excluding hydrogens is 286 g/mol. The number of alkyl halides is 3. The number of benzene rings is 1. The van der Waals surface area contributed by atoms with Crippen molar-refractivity contribution in [3.8, 4) is 0 Å². The van der Waals surface area contributed by atoms with E-state index >= 15 is 0 Å². The van der Waals surface area contributed by atoms with Gasteiger partial charge in [-0.1, -0.05) is 53.0 Å². The maximum Gasteiger partial charge on any atom is 0.408 e. The molecule has 0 radical (unpaired) electrons. The van der Waals surface area contributed by atoms with Gasteiger partial charge in [0.2, 0.25) is 3.79 Å². The number of carbonyl (C=O) groups excluding carboxylic acids is 1. The van der Waals surface area contributed by atoms with Crippen LogP contribution in [0.4, 0.5) is 10.5 Å². The summed E-state index contributed by atoms with van der Waals surface area (Å²) >= 11 is 17.2. The number of alkyl carbamates (subject to hydrolysis) is 1. The molecule has 2 N–H and O–H groups in total. The number of methoxy groups -OCH3 is 1. The highest BCUT2D eigenvalue weighted by Crippen LogP contribution is 2.31. The molecule has 17 heavy (non-hydrogen) atoms. The Labute approximate surface area is 114 Å². The lowest BCUT2D eigenvalue weighted by molar-refractivity contribution is 0.168. The molecule has 0 aliphatic rings. The summed E-state index contributed by atoms with van der Waals surface area (Å²) in [5.74, 6) is 0. The lowest BCUT2D eigenvalue weighted by atomic mass is 10.3. The second kappa shape index (κ2) is 6.19. The minimum Gasteiger partial charge on any atom is -0.453 e. The molecule has 1 amide bonds. The molecule has 0 fully saturated rings. The Bertz CT molecular complexity index is 368. The van der Waals surface area contributed by atoms with Crippen molar-refractivity contribution < 1.29 is 9.53 Å². The molecule has 1 aromatic carbocycles. The quantitative estimate of drug-likeness (QED) is 0.665. The highest BCUT2D eigenvalue weighted by atomic mass is 35.6. The number of anilines is 1. The Morgan fingerprint density at radius 3 is 2.35 bits per heavy atom. The summed E-state index contributed by atoms with van der Waals surface area (Å²) in [6, 6.07) is 9.04. The first-order valence-corrected chi connectivity index (χ1v) is 5.79. The summed E-state index contributed by atoms with van der Waals surface area (Å²) in [4.78, 5) is 11.1. The highest BCUT2D eigenvalue weighted by Gasteiger charge is 2.34. The standard InChI is InChI=1S/C10H11Cl3N2O2/c1-17-9(16)15-8(10(11,12)13)14-7-5-3-2-4-6-7/h2-6,8,14H,1H3,(H,15,16)/t8-/m0/s1. The molecule has 0 aliphatic heterocycles. The van der Waals surface area contributed by atoms with E-state index < -0.39 is 16.1 Å². The molecule has 1 rings (SSSR count). The van der Waals surface area contributed by atoms with Gasteiger partial charge in [0.15, 0.2) is 0 Å². The zero-order chi connectivity index (χ0) is 12.9. The van der Waals surface area contributed by atoms with E-state index in [4.69, 9.17) is 34.8 Å². The Morgan fingerprint density at radius 2 is 1.88 bits per heavy atom. The number of rotatable bonds is 3. The lowest BCUT2D eigenvalue weighted by Gasteiger charge is -2.26. The Balaban J connectivity index is 2.75. The predicted octanol–water partition coefficient (Wildman–Crippen LogP) is 3.15. The van der Waals surface area contributed by atoms with Crippen molar-refractivity contribution in [2.75, 3.05) is 12.4 Å². The molecular formula is C10H11Cl3N2O2. The van der Waals surface area contributed by atoms with Crippen LogP contribution in [0.5, 0.6) is 0 Å². The first kappa shape index (κ1) is 14.2. The zero-order valence-electron chi connectivity index (χ0n) is 8.91. The summed E-state index contributed by atoms with van der Waals surface area (Å²) in [7, 11) is 1.23. The molecule has 7 heteroatoms. The number of hydrogen-bond donors (Lipinski definition) is 2. The zero-order valence-corrected chi connectivity index (χ0v) is 11.2. The number of ether oxygens (including phenoxy) is 1. The fraction of sp³-hybridized carbons (Fsp3) is 0.300. The Kier molecular flexibility index (Phi) is 5.18. The molecule has 0 unspecified atom stereocenters. The van der Waals surface area contributed by atoms with Gasteiger partial charge in [-0.3, -0.25) is 5.32 Å². The number of para-hydroxylation sites is 1. The normalized spacial score (nSPS) is 12.7. The van der Waals surface area contributed by atoms with E-state index in [1.54, 1.807) is 12.1 Å². The maximum atomic E-state index is 11.1. The molecule has 4 nitrogen and oxygen atoms in total. The second-order valence-corrected chi connectivity index (χ2v) is 5.49. The summed E-state index contributed by atoms with van der Waals surface area (Å²) in [6.07, 6.45) is -1.59. The van der Waals surface area contributed by atoms with E-state index in [0.717, 1.165) is 0 Å². The van der Waals surface area contributed by atoms with Gasteiger partial charge >= 0.3 is 6.09 Å². The Hall–Kier alpha value is -0.840. The van der Waals surface area contributed by atoms with Gasteiger partial charge in [-0.05, 0) is 12.1 Å². The van der Waals surface area contributed by atoms with Crippen molar-refractivity contribution in [1.82, 2.24) is 5.32 Å². The molecule has 94 valence electrons. The monoisotopic (exact) mass is 296 g/mol. The van der Waals surface area contributed by atoms with Gasteiger partial charge in [-0.25, -0.2) is 4.79 Å². The molecule has 0 aliphatic carbocycles. The van der Waals surface area contributed by atoms with Gasteiger partial charge in [0.1, 0.15) is 6.17 Å². The predicted molar refractivity (Wildman–Crippen MR) is 69.7 cm³/mol. The molecule has 1 aromatic rings. The summed E-state index contributed by atoms with van der Waals surface area (Å²) in [6.45, 7) is 0. The second-order valence-electron chi connectivity index (χ2n) is 3.12. The molecule has 0 saturated carbocycles. The van der Waals surface area contributed by atoms with Crippen LogP contribution >= 0.6 is 34.8 Å². The first-order chi connectivity index (χ1) is 7.93. The largest absolute Gasteiger partial charge is 0.453 e. The van der Waals surface area contributed by atoms with Crippen molar-refractivity contribution in [3.63, 3.8) is 0 Å². The van der Waals surface area contributed by atoms with E-state index in [1.165, 1.54) is 7.11 Å². The molecule has 0 spiro atoms. The van der Waals surface area contributed by atoms with Crippen molar-refractivity contribution in [2.45, 2.75) is 9.96 Å². The van der Waals surface area contributed by atoms with Gasteiger partial charge in [0.25, 0.3) is 0 Å². The molecule has 0 bridgehead atoms. The fourth-order valence-electron chi connectivity index (χ4n) is 1.08. The van der Waals surface area contributed by atoms with Crippen LogP contribution < -0.4 is 10.6 Å². The minimum atomic E-state index is -1.70. The number of hydrogen-bond acceptors (Lipinski definition) is 3. The number of carbonyl (C=O) groups is 1. The number of halogens is 3. The van der Waals surface area contributed by atoms with Crippen LogP contribution in [0.25, 0.3) is 0 Å². The van der Waals surface area contributed by atoms with Crippen molar-refractivity contribution in [3.05, 3.63) is 30.3 Å². The number of nitrogens with one attached hydrogen (secondary N) is 2. The van der Waals surface area contributed by atoms with E-state index in [2.05, 4.69) is 15.4 Å². The van der Waals surface area contributed by atoms with Crippen LogP contribution in [-0.4, -0.2) is 23.2 Å². The molecule has 0 saturated heterocycles. The third-order valence-corrected chi connectivity index (χ3v) is 2.51. The smallest absolute Gasteiger partial charge is 0.408 e. The average molecular weight is 298 g/mol. The highest BCUT2D eigenvalue weighted by molar-refractivity contribution is 6.68. The minimum absolute atomic E-state index is 0.690. The van der Waals surface area contributed by atoms with E-state index in [9.17, 15) is 4.79 Å². The van der Waals surface area contributed by atoms with E-state index in [-0.39, 0.29) is 0 Å². The lowest BCUT2D eigenvalue weighted by Crippen LogP contribution is -2.49. The van der Waals surface area contributed by atoms with E-state index in [0.29, 0.717) is 5.69 Å². The van der Waals surface area contributed by atoms with Gasteiger partial charge in [0.05, 0.1) is 7.11 Å². The average Bonchev–Trinajstić information content (AvgIpc) is 2.28. The van der Waals surface area contributed by atoms with Gasteiger partial charge in [0, 0.05) is 5.69 Å². The summed E-state index contributed by atoms with van der Waals surface area (Å²) in [5, 5.41) is 5.26. The SMILES string of the molecule is COC(=O)N[C@H](Nc1ccccc1)C(Cl)(Cl)Cl. The van der Waals surface area contributed by atoms with Crippen LogP contribution in [0.15, 0.2) is 30.3 Å². The molecule has 0 aromatic heterocycles. The third-order valence-electron chi connectivity index (χ3n) is 1.86. The van der Waals surface area contributed by atoms with Crippen molar-refractivity contribution in [1.29, 1.82) is 0 Å². The fourth-order valence-corrected chi connectivity index (χ4v) is 1.40. The van der Waals surface area contributed by atoms with Gasteiger partial charge < -0.3 is 10.1 Å². The summed E-state index contributed by atoms with van der Waals surface area (Å²) in [5.41, 5.74) is 0.709. The van der Waals surface area contributed by atoms with Crippen LogP contribution in [0.2, 0.25) is 0 Å². The topological polar surface area (TPSA) is 50.4 Å². The van der Waals surface area contributed by atoms with Crippen LogP contribution in [0.1, 0.15) is 0 Å². The van der Waals surface area contributed by atoms with Crippen molar-refractivity contribution in [2.24, 2.45) is 0 Å². The van der Waals surface area contributed by atoms with Crippen LogP contribution in [0, 0.1) is 0 Å². The first-order valence-electron chi connectivity index (χ1n) is 4.66. The van der Waals surface area contributed by atoms with Crippen LogP contribution in [-0.2, 0) is 4.74 Å². The third kappa shape index (κ3) is 4.89. The van der Waals surface area contributed by atoms with Gasteiger partial charge in [-0.15, -0.1) is 0 Å². The van der Waals surface area contributed by atoms with Crippen molar-refractivity contribution >= 4 is 46.6 Å². The molecule has 0 heterocycles. The van der Waals surface area contributed by atoms with E-state index in [1.807, 2.05) is 18.2 Å².